The van der Waals surface area contributed by atoms with E-state index in [4.69, 9.17) is 5.73 Å². The van der Waals surface area contributed by atoms with Crippen molar-refractivity contribution >= 4 is 11.3 Å². The molecule has 0 saturated heterocycles. The summed E-state index contributed by atoms with van der Waals surface area (Å²) in [5.74, 6) is 0. The van der Waals surface area contributed by atoms with Gasteiger partial charge in [0.05, 0.1) is 0 Å². The summed E-state index contributed by atoms with van der Waals surface area (Å²) in [4.78, 5) is 0. The van der Waals surface area contributed by atoms with Crippen LogP contribution in [0.15, 0.2) is 35.9 Å². The first-order valence-electron chi connectivity index (χ1n) is 5.92. The van der Waals surface area contributed by atoms with Crippen LogP contribution in [-0.4, -0.2) is 0 Å². The normalized spacial score (nSPS) is 20.9. The highest BCUT2D eigenvalue weighted by atomic mass is 14.6. The average molecular weight is 211 g/mol. The third-order valence-corrected chi connectivity index (χ3v) is 3.89. The molecule has 0 spiro atoms. The summed E-state index contributed by atoms with van der Waals surface area (Å²) < 4.78 is 0. The van der Waals surface area contributed by atoms with Crippen molar-refractivity contribution in [3.8, 4) is 0 Å². The number of rotatable bonds is 0. The van der Waals surface area contributed by atoms with Gasteiger partial charge in [0.1, 0.15) is 0 Å². The highest BCUT2D eigenvalue weighted by Crippen LogP contribution is 2.51. The fourth-order valence-electron chi connectivity index (χ4n) is 3.18. The molecule has 2 aliphatic carbocycles. The minimum atomic E-state index is 0.0763. The van der Waals surface area contributed by atoms with Crippen molar-refractivity contribution in [3.05, 3.63) is 47.1 Å². The smallest absolute Gasteiger partial charge is 0.0361 e. The Kier molecular flexibility index (Phi) is 1.82. The Labute approximate surface area is 96.7 Å². The molecule has 0 heterocycles. The average Bonchev–Trinajstić information content (AvgIpc) is 2.50. The van der Waals surface area contributed by atoms with Crippen molar-refractivity contribution in [2.75, 3.05) is 5.73 Å². The Morgan fingerprint density at radius 3 is 2.88 bits per heavy atom. The van der Waals surface area contributed by atoms with Crippen molar-refractivity contribution in [1.82, 2.24) is 0 Å². The van der Waals surface area contributed by atoms with E-state index >= 15 is 0 Å². The minimum Gasteiger partial charge on any atom is -0.398 e. The first-order chi connectivity index (χ1) is 7.62. The molecule has 0 aliphatic heterocycles. The third kappa shape index (κ3) is 1.06. The van der Waals surface area contributed by atoms with Gasteiger partial charge in [-0.15, -0.1) is 0 Å². The quantitative estimate of drug-likeness (QED) is 0.651. The second-order valence-corrected chi connectivity index (χ2v) is 5.23. The van der Waals surface area contributed by atoms with Crippen LogP contribution >= 0.6 is 0 Å². The highest BCUT2D eigenvalue weighted by Gasteiger charge is 2.38. The van der Waals surface area contributed by atoms with Gasteiger partial charge in [-0.3, -0.25) is 0 Å². The molecule has 16 heavy (non-hydrogen) atoms. The summed E-state index contributed by atoms with van der Waals surface area (Å²) in [5.41, 5.74) is 12.8. The summed E-state index contributed by atoms with van der Waals surface area (Å²) in [6.07, 6.45) is 6.88. The summed E-state index contributed by atoms with van der Waals surface area (Å²) in [6, 6.07) is 6.30. The summed E-state index contributed by atoms with van der Waals surface area (Å²) in [6.45, 7) is 4.56. The van der Waals surface area contributed by atoms with E-state index in [0.717, 1.165) is 18.5 Å². The lowest BCUT2D eigenvalue weighted by Gasteiger charge is -2.25. The van der Waals surface area contributed by atoms with Crippen LogP contribution in [0, 0.1) is 0 Å². The molecule has 0 saturated carbocycles. The molecule has 82 valence electrons. The maximum absolute atomic E-state index is 6.15. The van der Waals surface area contributed by atoms with Gasteiger partial charge in [-0.1, -0.05) is 38.1 Å². The number of fused-ring (bicyclic) bond motifs is 2. The van der Waals surface area contributed by atoms with Gasteiger partial charge in [0.2, 0.25) is 0 Å². The van der Waals surface area contributed by atoms with Crippen LogP contribution in [-0.2, 0) is 5.41 Å². The maximum Gasteiger partial charge on any atom is 0.0361 e. The van der Waals surface area contributed by atoms with Crippen LogP contribution in [0.1, 0.15) is 37.8 Å². The number of allylic oxidation sites excluding steroid dienone is 4. The minimum absolute atomic E-state index is 0.0763. The van der Waals surface area contributed by atoms with E-state index in [1.807, 2.05) is 6.07 Å². The van der Waals surface area contributed by atoms with E-state index in [0.29, 0.717) is 0 Å². The van der Waals surface area contributed by atoms with Gasteiger partial charge in [-0.2, -0.15) is 0 Å². The molecule has 0 amide bonds. The van der Waals surface area contributed by atoms with Gasteiger partial charge >= 0.3 is 0 Å². The Morgan fingerprint density at radius 1 is 1.25 bits per heavy atom. The zero-order valence-electron chi connectivity index (χ0n) is 9.88. The monoisotopic (exact) mass is 211 g/mol. The molecule has 0 aromatic heterocycles. The molecule has 0 unspecified atom stereocenters. The number of anilines is 1. The molecule has 1 heteroatoms. The number of nitrogens with two attached hydrogens (primary N) is 1. The number of nitrogen functional groups attached to an aromatic ring is 1. The van der Waals surface area contributed by atoms with Crippen LogP contribution in [0.5, 0.6) is 0 Å². The van der Waals surface area contributed by atoms with Crippen LogP contribution in [0.4, 0.5) is 5.69 Å². The topological polar surface area (TPSA) is 26.0 Å². The van der Waals surface area contributed by atoms with Gasteiger partial charge in [-0.05, 0) is 41.2 Å². The largest absolute Gasteiger partial charge is 0.398 e. The van der Waals surface area contributed by atoms with E-state index in [9.17, 15) is 0 Å². The van der Waals surface area contributed by atoms with E-state index in [-0.39, 0.29) is 5.41 Å². The second kappa shape index (κ2) is 3.00. The fraction of sp³-hybridized carbons (Fsp3) is 0.333. The predicted octanol–water partition coefficient (Wildman–Crippen LogP) is 3.66. The van der Waals surface area contributed by atoms with Crippen LogP contribution in [0.2, 0.25) is 0 Å². The van der Waals surface area contributed by atoms with Crippen molar-refractivity contribution < 1.29 is 0 Å². The first-order valence-corrected chi connectivity index (χ1v) is 5.92. The molecule has 3 rings (SSSR count). The number of benzene rings is 1. The summed E-state index contributed by atoms with van der Waals surface area (Å²) in [5, 5.41) is 0. The van der Waals surface area contributed by atoms with Crippen molar-refractivity contribution in [2.45, 2.75) is 32.1 Å². The molecule has 0 bridgehead atoms. The zero-order valence-corrected chi connectivity index (χ0v) is 9.88. The molecule has 2 aliphatic rings. The van der Waals surface area contributed by atoms with Crippen LogP contribution in [0.25, 0.3) is 5.57 Å². The van der Waals surface area contributed by atoms with E-state index in [1.54, 1.807) is 0 Å². The lowest BCUT2D eigenvalue weighted by atomic mass is 9.79. The van der Waals surface area contributed by atoms with E-state index in [2.05, 4.69) is 38.1 Å². The molecule has 1 nitrogen and oxygen atoms in total. The van der Waals surface area contributed by atoms with Crippen molar-refractivity contribution in [3.63, 3.8) is 0 Å². The van der Waals surface area contributed by atoms with Gasteiger partial charge in [0.15, 0.2) is 0 Å². The zero-order chi connectivity index (χ0) is 11.3. The van der Waals surface area contributed by atoms with Gasteiger partial charge in [0.25, 0.3) is 0 Å². The molecule has 0 fully saturated rings. The van der Waals surface area contributed by atoms with Crippen LogP contribution in [0.3, 0.4) is 0 Å². The van der Waals surface area contributed by atoms with Crippen LogP contribution < -0.4 is 5.73 Å². The fourth-order valence-corrected chi connectivity index (χ4v) is 3.18. The SMILES string of the molecule is CC1(C)C2=C(CCC=C2)c2cccc(N)c21. The molecular weight excluding hydrogens is 194 g/mol. The summed E-state index contributed by atoms with van der Waals surface area (Å²) >= 11 is 0. The van der Waals surface area contributed by atoms with Gasteiger partial charge < -0.3 is 5.73 Å². The van der Waals surface area contributed by atoms with E-state index < -0.39 is 0 Å². The third-order valence-electron chi connectivity index (χ3n) is 3.89. The number of hydrogen-bond donors (Lipinski definition) is 1. The molecular formula is C15H17N. The van der Waals surface area contributed by atoms with Crippen molar-refractivity contribution in [2.24, 2.45) is 0 Å². The Bertz CT molecular complexity index is 518. The molecule has 0 atom stereocenters. The lowest BCUT2D eigenvalue weighted by molar-refractivity contribution is 0.653. The van der Waals surface area contributed by atoms with Gasteiger partial charge in [-0.25, -0.2) is 0 Å². The molecule has 0 radical (unpaired) electrons. The molecule has 2 N–H and O–H groups in total. The Morgan fingerprint density at radius 2 is 2.06 bits per heavy atom. The van der Waals surface area contributed by atoms with E-state index in [1.165, 1.54) is 22.3 Å². The Hall–Kier alpha value is -1.50. The molecule has 1 aromatic carbocycles. The van der Waals surface area contributed by atoms with Crippen molar-refractivity contribution in [1.29, 1.82) is 0 Å². The standard InChI is InChI=1S/C15H17N/c1-15(2)12-8-4-3-6-10(12)11-7-5-9-13(16)14(11)15/h4-5,7-9H,3,6,16H2,1-2H3. The maximum atomic E-state index is 6.15. The van der Waals surface area contributed by atoms with Gasteiger partial charge in [0, 0.05) is 11.1 Å². The predicted molar refractivity (Wildman–Crippen MR) is 69.2 cm³/mol. The first kappa shape index (κ1) is 9.71. The second-order valence-electron chi connectivity index (χ2n) is 5.23. The molecule has 1 aromatic rings. The number of hydrogen-bond acceptors (Lipinski definition) is 1. The Balaban J connectivity index is 2.33. The lowest BCUT2D eigenvalue weighted by Crippen LogP contribution is -2.18. The summed E-state index contributed by atoms with van der Waals surface area (Å²) in [7, 11) is 0. The highest BCUT2D eigenvalue weighted by molar-refractivity contribution is 5.86.